The van der Waals surface area contributed by atoms with Gasteiger partial charge < -0.3 is 10.4 Å². The van der Waals surface area contributed by atoms with Crippen LogP contribution in [-0.2, 0) is 23.9 Å². The van der Waals surface area contributed by atoms with Crippen LogP contribution >= 0.6 is 0 Å². The number of nitrogens with zero attached hydrogens (tertiary/aromatic N) is 2. The number of aryl methyl sites for hydroxylation is 2. The summed E-state index contributed by atoms with van der Waals surface area (Å²) in [4.78, 5) is 12.4. The molecule has 2 N–H and O–H groups in total. The molecule has 5 nitrogen and oxygen atoms in total. The third-order valence-electron chi connectivity index (χ3n) is 4.62. The molecule has 2 unspecified atom stereocenters. The Morgan fingerprint density at radius 2 is 1.96 bits per heavy atom. The molecule has 24 heavy (non-hydrogen) atoms. The van der Waals surface area contributed by atoms with E-state index in [0.717, 1.165) is 22.5 Å². The molecule has 0 saturated heterocycles. The van der Waals surface area contributed by atoms with Gasteiger partial charge in [0, 0.05) is 18.7 Å². The minimum atomic E-state index is -1.09. The van der Waals surface area contributed by atoms with E-state index in [1.807, 2.05) is 62.8 Å². The van der Waals surface area contributed by atoms with Crippen molar-refractivity contribution in [1.82, 2.24) is 15.1 Å². The summed E-state index contributed by atoms with van der Waals surface area (Å²) in [5, 5.41) is 17.8. The minimum Gasteiger partial charge on any atom is -0.384 e. The third-order valence-corrected chi connectivity index (χ3v) is 4.62. The Morgan fingerprint density at radius 1 is 1.33 bits per heavy atom. The number of amides is 1. The maximum absolute atomic E-state index is 12.4. The number of benzene rings is 1. The molecule has 0 fully saturated rings. The summed E-state index contributed by atoms with van der Waals surface area (Å²) in [6.45, 7) is 7.78. The second-order valence-electron chi connectivity index (χ2n) is 6.74. The van der Waals surface area contributed by atoms with Gasteiger partial charge in [0.25, 0.3) is 0 Å². The van der Waals surface area contributed by atoms with Gasteiger partial charge in [0.05, 0.1) is 12.2 Å². The zero-order valence-electron chi connectivity index (χ0n) is 15.1. The molecule has 1 aromatic heterocycles. The number of carbonyl (C=O) groups is 1. The van der Waals surface area contributed by atoms with E-state index in [0.29, 0.717) is 6.42 Å². The zero-order valence-corrected chi connectivity index (χ0v) is 15.1. The van der Waals surface area contributed by atoms with Gasteiger partial charge >= 0.3 is 0 Å². The van der Waals surface area contributed by atoms with E-state index in [-0.39, 0.29) is 18.4 Å². The maximum Gasteiger partial charge on any atom is 0.223 e. The zero-order chi connectivity index (χ0) is 17.9. The summed E-state index contributed by atoms with van der Waals surface area (Å²) in [7, 11) is 1.91. The van der Waals surface area contributed by atoms with Crippen molar-refractivity contribution in [3.05, 3.63) is 52.8 Å². The van der Waals surface area contributed by atoms with Crippen LogP contribution in [0.15, 0.2) is 30.3 Å². The number of aromatic nitrogens is 2. The number of rotatable bonds is 6. The van der Waals surface area contributed by atoms with Crippen LogP contribution in [0.3, 0.4) is 0 Å². The molecular formula is C19H27N3O2. The van der Waals surface area contributed by atoms with Crippen LogP contribution < -0.4 is 5.32 Å². The average Bonchev–Trinajstić information content (AvgIpc) is 2.79. The first-order valence-corrected chi connectivity index (χ1v) is 8.27. The Morgan fingerprint density at radius 3 is 2.50 bits per heavy atom. The Bertz CT molecular complexity index is 705. The highest BCUT2D eigenvalue weighted by Gasteiger charge is 2.25. The summed E-state index contributed by atoms with van der Waals surface area (Å²) in [5.41, 5.74) is 2.87. The van der Waals surface area contributed by atoms with E-state index in [9.17, 15) is 9.90 Å². The van der Waals surface area contributed by atoms with Crippen molar-refractivity contribution in [2.45, 2.75) is 39.7 Å². The van der Waals surface area contributed by atoms with Gasteiger partial charge in [0.15, 0.2) is 0 Å². The third kappa shape index (κ3) is 4.03. The Labute approximate surface area is 143 Å². The smallest absolute Gasteiger partial charge is 0.223 e. The van der Waals surface area contributed by atoms with Gasteiger partial charge in [-0.2, -0.15) is 5.10 Å². The van der Waals surface area contributed by atoms with E-state index in [1.54, 1.807) is 6.92 Å². The van der Waals surface area contributed by atoms with Gasteiger partial charge in [-0.1, -0.05) is 37.3 Å². The lowest BCUT2D eigenvalue weighted by molar-refractivity contribution is -0.125. The van der Waals surface area contributed by atoms with Gasteiger partial charge in [-0.3, -0.25) is 9.48 Å². The number of hydrogen-bond acceptors (Lipinski definition) is 3. The molecule has 0 bridgehead atoms. The van der Waals surface area contributed by atoms with Gasteiger partial charge in [0.2, 0.25) is 5.91 Å². The quantitative estimate of drug-likeness (QED) is 0.854. The summed E-state index contributed by atoms with van der Waals surface area (Å²) in [5.74, 6) is -0.243. The molecule has 130 valence electrons. The SMILES string of the molecule is Cc1nn(C)c(C)c1CC(C)C(=O)NCC(C)(O)c1ccccc1. The molecule has 0 aliphatic carbocycles. The fraction of sp³-hybridized carbons (Fsp3) is 0.474. The molecular weight excluding hydrogens is 302 g/mol. The van der Waals surface area contributed by atoms with Crippen molar-refractivity contribution < 1.29 is 9.90 Å². The molecule has 1 heterocycles. The van der Waals surface area contributed by atoms with Gasteiger partial charge in [-0.15, -0.1) is 0 Å². The fourth-order valence-electron chi connectivity index (χ4n) is 2.84. The van der Waals surface area contributed by atoms with Crippen LogP contribution in [0.25, 0.3) is 0 Å². The summed E-state index contributed by atoms with van der Waals surface area (Å²) >= 11 is 0. The number of hydrogen-bond donors (Lipinski definition) is 2. The van der Waals surface area contributed by atoms with Crippen molar-refractivity contribution >= 4 is 5.91 Å². The van der Waals surface area contributed by atoms with Crippen molar-refractivity contribution in [1.29, 1.82) is 0 Å². The second kappa shape index (κ2) is 7.18. The highest BCUT2D eigenvalue weighted by Crippen LogP contribution is 2.20. The minimum absolute atomic E-state index is 0.0612. The summed E-state index contributed by atoms with van der Waals surface area (Å²) < 4.78 is 1.84. The number of carbonyl (C=O) groups excluding carboxylic acids is 1. The highest BCUT2D eigenvalue weighted by molar-refractivity contribution is 5.78. The molecule has 2 aromatic rings. The van der Waals surface area contributed by atoms with E-state index in [4.69, 9.17) is 0 Å². The standard InChI is InChI=1S/C19H27N3O2/c1-13(11-17-14(2)21-22(5)15(17)3)18(23)20-12-19(4,24)16-9-7-6-8-10-16/h6-10,13,24H,11-12H2,1-5H3,(H,20,23). The Balaban J connectivity index is 1.97. The van der Waals surface area contributed by atoms with Crippen LogP contribution in [0, 0.1) is 19.8 Å². The van der Waals surface area contributed by atoms with E-state index >= 15 is 0 Å². The van der Waals surface area contributed by atoms with E-state index in [1.165, 1.54) is 0 Å². The molecule has 0 radical (unpaired) electrons. The lowest BCUT2D eigenvalue weighted by Crippen LogP contribution is -2.41. The van der Waals surface area contributed by atoms with Crippen molar-refractivity contribution in [3.8, 4) is 0 Å². The van der Waals surface area contributed by atoms with Gasteiger partial charge in [0.1, 0.15) is 5.60 Å². The van der Waals surface area contributed by atoms with Crippen LogP contribution in [-0.4, -0.2) is 27.3 Å². The number of aliphatic hydroxyl groups is 1. The van der Waals surface area contributed by atoms with Crippen molar-refractivity contribution in [2.24, 2.45) is 13.0 Å². The summed E-state index contributed by atoms with van der Waals surface area (Å²) in [6, 6.07) is 9.37. The lowest BCUT2D eigenvalue weighted by atomic mass is 9.95. The molecule has 0 aliphatic heterocycles. The predicted octanol–water partition coefficient (Wildman–Crippen LogP) is 2.24. The molecule has 0 saturated carbocycles. The highest BCUT2D eigenvalue weighted by atomic mass is 16.3. The topological polar surface area (TPSA) is 67.2 Å². The van der Waals surface area contributed by atoms with Crippen LogP contribution in [0.5, 0.6) is 0 Å². The summed E-state index contributed by atoms with van der Waals surface area (Å²) in [6.07, 6.45) is 0.644. The molecule has 0 aliphatic rings. The molecule has 1 aromatic carbocycles. The van der Waals surface area contributed by atoms with Crippen LogP contribution in [0.2, 0.25) is 0 Å². The van der Waals surface area contributed by atoms with Crippen molar-refractivity contribution in [3.63, 3.8) is 0 Å². The largest absolute Gasteiger partial charge is 0.384 e. The molecule has 0 spiro atoms. The first-order chi connectivity index (χ1) is 11.2. The van der Waals surface area contributed by atoms with Crippen LogP contribution in [0.4, 0.5) is 0 Å². The van der Waals surface area contributed by atoms with Crippen LogP contribution in [0.1, 0.15) is 36.4 Å². The monoisotopic (exact) mass is 329 g/mol. The van der Waals surface area contributed by atoms with Gasteiger partial charge in [-0.05, 0) is 38.3 Å². The second-order valence-corrected chi connectivity index (χ2v) is 6.74. The predicted molar refractivity (Wildman–Crippen MR) is 94.6 cm³/mol. The average molecular weight is 329 g/mol. The van der Waals surface area contributed by atoms with Gasteiger partial charge in [-0.25, -0.2) is 0 Å². The molecule has 5 heteroatoms. The van der Waals surface area contributed by atoms with E-state index in [2.05, 4.69) is 10.4 Å². The first kappa shape index (κ1) is 18.2. The van der Waals surface area contributed by atoms with E-state index < -0.39 is 5.60 Å². The fourth-order valence-corrected chi connectivity index (χ4v) is 2.84. The normalized spacial score (nSPS) is 14.9. The number of nitrogens with one attached hydrogen (secondary N) is 1. The Kier molecular flexibility index (Phi) is 5.44. The molecule has 1 amide bonds. The lowest BCUT2D eigenvalue weighted by Gasteiger charge is -2.25. The van der Waals surface area contributed by atoms with Crippen molar-refractivity contribution in [2.75, 3.05) is 6.54 Å². The molecule has 2 atom stereocenters. The Hall–Kier alpha value is -2.14. The maximum atomic E-state index is 12.4. The molecule has 2 rings (SSSR count). The first-order valence-electron chi connectivity index (χ1n) is 8.27.